The normalized spacial score (nSPS) is 11.1. The van der Waals surface area contributed by atoms with Crippen molar-refractivity contribution in [1.29, 1.82) is 0 Å². The second-order valence-corrected chi connectivity index (χ2v) is 4.54. The number of aromatic nitrogens is 3. The summed E-state index contributed by atoms with van der Waals surface area (Å²) in [5, 5.41) is 8.22. The highest BCUT2D eigenvalue weighted by atomic mass is 35.5. The van der Waals surface area contributed by atoms with Crippen LogP contribution in [0.5, 0.6) is 0 Å². The summed E-state index contributed by atoms with van der Waals surface area (Å²) in [6.45, 7) is 4.88. The number of hydrogen-bond donors (Lipinski definition) is 1. The van der Waals surface area contributed by atoms with Crippen molar-refractivity contribution >= 4 is 11.6 Å². The van der Waals surface area contributed by atoms with Gasteiger partial charge in [0.25, 0.3) is 0 Å². The molecule has 5 heteroatoms. The molecule has 0 bridgehead atoms. The Morgan fingerprint density at radius 2 is 2.24 bits per heavy atom. The Morgan fingerprint density at radius 1 is 1.41 bits per heavy atom. The number of halogens is 1. The molecule has 0 radical (unpaired) electrons. The van der Waals surface area contributed by atoms with Crippen LogP contribution in [-0.2, 0) is 6.54 Å². The summed E-state index contributed by atoms with van der Waals surface area (Å²) in [4.78, 5) is 4.24. The molecule has 1 aromatic heterocycles. The Morgan fingerprint density at radius 3 is 2.94 bits per heavy atom. The van der Waals surface area contributed by atoms with Crippen molar-refractivity contribution < 1.29 is 0 Å². The largest absolute Gasteiger partial charge is 0.308 e. The third-order valence-electron chi connectivity index (χ3n) is 2.34. The van der Waals surface area contributed by atoms with Crippen LogP contribution in [0.15, 0.2) is 30.6 Å². The van der Waals surface area contributed by atoms with Crippen LogP contribution in [-0.4, -0.2) is 20.8 Å². The molecule has 0 spiro atoms. The fraction of sp³-hybridized carbons (Fsp3) is 0.333. The van der Waals surface area contributed by atoms with Gasteiger partial charge in [0.05, 0.1) is 12.2 Å². The lowest BCUT2D eigenvalue weighted by molar-refractivity contribution is 0.563. The number of nitrogens with one attached hydrogen (secondary N) is 1. The van der Waals surface area contributed by atoms with E-state index in [4.69, 9.17) is 11.6 Å². The van der Waals surface area contributed by atoms with Gasteiger partial charge in [-0.25, -0.2) is 9.67 Å². The van der Waals surface area contributed by atoms with E-state index in [0.29, 0.717) is 17.6 Å². The van der Waals surface area contributed by atoms with Crippen LogP contribution in [0, 0.1) is 0 Å². The molecule has 0 aliphatic heterocycles. The Kier molecular flexibility index (Phi) is 3.76. The van der Waals surface area contributed by atoms with Crippen LogP contribution in [0.3, 0.4) is 0 Å². The van der Waals surface area contributed by atoms with Gasteiger partial charge in [-0.15, -0.1) is 0 Å². The van der Waals surface area contributed by atoms with Crippen molar-refractivity contribution in [1.82, 2.24) is 20.1 Å². The quantitative estimate of drug-likeness (QED) is 0.906. The van der Waals surface area contributed by atoms with Gasteiger partial charge < -0.3 is 5.32 Å². The fourth-order valence-electron chi connectivity index (χ4n) is 1.50. The lowest BCUT2D eigenvalue weighted by Crippen LogP contribution is -2.24. The van der Waals surface area contributed by atoms with Crippen LogP contribution >= 0.6 is 11.6 Å². The molecular formula is C12H15ClN4. The Bertz CT molecular complexity index is 493. The molecule has 0 aliphatic rings. The maximum Gasteiger partial charge on any atom is 0.146 e. The predicted molar refractivity (Wildman–Crippen MR) is 68.3 cm³/mol. The highest BCUT2D eigenvalue weighted by Crippen LogP contribution is 2.14. The van der Waals surface area contributed by atoms with E-state index in [9.17, 15) is 0 Å². The van der Waals surface area contributed by atoms with Crippen LogP contribution < -0.4 is 5.32 Å². The first-order valence-corrected chi connectivity index (χ1v) is 5.93. The predicted octanol–water partition coefficient (Wildman–Crippen LogP) is 2.42. The fourth-order valence-corrected chi connectivity index (χ4v) is 1.69. The highest BCUT2D eigenvalue weighted by molar-refractivity contribution is 6.30. The smallest absolute Gasteiger partial charge is 0.146 e. The minimum absolute atomic E-state index is 0.416. The number of benzene rings is 1. The van der Waals surface area contributed by atoms with Gasteiger partial charge >= 0.3 is 0 Å². The summed E-state index contributed by atoms with van der Waals surface area (Å²) >= 11 is 5.96. The SMILES string of the molecule is CC(C)NCc1ncnn1-c1cccc(Cl)c1. The molecule has 0 atom stereocenters. The molecule has 90 valence electrons. The zero-order valence-electron chi connectivity index (χ0n) is 9.89. The molecule has 1 aromatic carbocycles. The van der Waals surface area contributed by atoms with Crippen LogP contribution in [0.2, 0.25) is 5.02 Å². The van der Waals surface area contributed by atoms with Gasteiger partial charge in [-0.05, 0) is 18.2 Å². The summed E-state index contributed by atoms with van der Waals surface area (Å²) in [6, 6.07) is 7.99. The van der Waals surface area contributed by atoms with Crippen LogP contribution in [0.25, 0.3) is 5.69 Å². The molecule has 0 unspecified atom stereocenters. The Labute approximate surface area is 106 Å². The molecule has 1 N–H and O–H groups in total. The van der Waals surface area contributed by atoms with Crippen molar-refractivity contribution in [3.05, 3.63) is 41.4 Å². The van der Waals surface area contributed by atoms with E-state index < -0.39 is 0 Å². The van der Waals surface area contributed by atoms with Crippen molar-refractivity contribution in [2.75, 3.05) is 0 Å². The first-order valence-electron chi connectivity index (χ1n) is 5.55. The Balaban J connectivity index is 2.24. The molecule has 17 heavy (non-hydrogen) atoms. The summed E-state index contributed by atoms with van der Waals surface area (Å²) in [5.41, 5.74) is 0.926. The van der Waals surface area contributed by atoms with E-state index in [-0.39, 0.29) is 0 Å². The van der Waals surface area contributed by atoms with Crippen LogP contribution in [0.4, 0.5) is 0 Å². The zero-order valence-corrected chi connectivity index (χ0v) is 10.6. The Hall–Kier alpha value is -1.39. The second-order valence-electron chi connectivity index (χ2n) is 4.10. The minimum atomic E-state index is 0.416. The molecule has 4 nitrogen and oxygen atoms in total. The highest BCUT2D eigenvalue weighted by Gasteiger charge is 2.07. The summed E-state index contributed by atoms with van der Waals surface area (Å²) in [5.74, 6) is 0.876. The lowest BCUT2D eigenvalue weighted by Gasteiger charge is -2.09. The number of nitrogens with zero attached hydrogens (tertiary/aromatic N) is 3. The van der Waals surface area contributed by atoms with Crippen molar-refractivity contribution in [2.24, 2.45) is 0 Å². The maximum absolute atomic E-state index is 5.96. The van der Waals surface area contributed by atoms with Crippen molar-refractivity contribution in [3.8, 4) is 5.69 Å². The number of hydrogen-bond acceptors (Lipinski definition) is 3. The summed E-state index contributed by atoms with van der Waals surface area (Å²) < 4.78 is 1.79. The van der Waals surface area contributed by atoms with E-state index >= 15 is 0 Å². The van der Waals surface area contributed by atoms with Gasteiger partial charge in [0.1, 0.15) is 12.2 Å². The van der Waals surface area contributed by atoms with Gasteiger partial charge in [-0.1, -0.05) is 31.5 Å². The third kappa shape index (κ3) is 3.05. The maximum atomic E-state index is 5.96. The third-order valence-corrected chi connectivity index (χ3v) is 2.57. The first kappa shape index (κ1) is 12.1. The van der Waals surface area contributed by atoms with Crippen molar-refractivity contribution in [2.45, 2.75) is 26.4 Å². The van der Waals surface area contributed by atoms with E-state index in [1.165, 1.54) is 0 Å². The van der Waals surface area contributed by atoms with Crippen LogP contribution in [0.1, 0.15) is 19.7 Å². The average molecular weight is 251 g/mol. The molecule has 2 rings (SSSR count). The van der Waals surface area contributed by atoms with E-state index in [0.717, 1.165) is 11.5 Å². The average Bonchev–Trinajstić information content (AvgIpc) is 2.74. The summed E-state index contributed by atoms with van der Waals surface area (Å²) in [6.07, 6.45) is 1.55. The molecule has 0 aliphatic carbocycles. The molecule has 0 saturated carbocycles. The van der Waals surface area contributed by atoms with Gasteiger partial charge in [0.2, 0.25) is 0 Å². The zero-order chi connectivity index (χ0) is 12.3. The number of rotatable bonds is 4. The first-order chi connectivity index (χ1) is 8.16. The summed E-state index contributed by atoms with van der Waals surface area (Å²) in [7, 11) is 0. The molecule has 0 saturated heterocycles. The topological polar surface area (TPSA) is 42.7 Å². The van der Waals surface area contributed by atoms with E-state index in [1.54, 1.807) is 11.0 Å². The molecule has 0 amide bonds. The standard InChI is InChI=1S/C12H15ClN4/c1-9(2)14-7-12-15-8-16-17(12)11-5-3-4-10(13)6-11/h3-6,8-9,14H,7H2,1-2H3. The molecule has 0 fully saturated rings. The van der Waals surface area contributed by atoms with Gasteiger partial charge in [0, 0.05) is 11.1 Å². The van der Waals surface area contributed by atoms with Gasteiger partial charge in [-0.2, -0.15) is 5.10 Å². The monoisotopic (exact) mass is 250 g/mol. The van der Waals surface area contributed by atoms with E-state index in [2.05, 4.69) is 29.2 Å². The van der Waals surface area contributed by atoms with Crippen molar-refractivity contribution in [3.63, 3.8) is 0 Å². The minimum Gasteiger partial charge on any atom is -0.308 e. The van der Waals surface area contributed by atoms with Gasteiger partial charge in [0.15, 0.2) is 0 Å². The second kappa shape index (κ2) is 5.29. The molecule has 2 aromatic rings. The van der Waals surface area contributed by atoms with E-state index in [1.807, 2.05) is 24.3 Å². The van der Waals surface area contributed by atoms with Gasteiger partial charge in [-0.3, -0.25) is 0 Å². The lowest BCUT2D eigenvalue weighted by atomic mass is 10.3. The molecule has 1 heterocycles. The molecular weight excluding hydrogens is 236 g/mol.